The van der Waals surface area contributed by atoms with E-state index in [1.807, 2.05) is 17.5 Å². The number of anilines is 1. The number of nitrogens with one attached hydrogen (secondary N) is 1. The maximum Gasteiger partial charge on any atom is 0.328 e. The van der Waals surface area contributed by atoms with Crippen LogP contribution in [0.15, 0.2) is 29.6 Å². The van der Waals surface area contributed by atoms with Crippen LogP contribution in [0.3, 0.4) is 0 Å². The highest BCUT2D eigenvalue weighted by molar-refractivity contribution is 7.17. The molecule has 0 spiro atoms. The van der Waals surface area contributed by atoms with Crippen molar-refractivity contribution in [1.29, 1.82) is 0 Å². The number of aromatic nitrogens is 2. The fraction of sp³-hybridized carbons (Fsp3) is 0.235. The van der Waals surface area contributed by atoms with Gasteiger partial charge in [-0.3, -0.25) is 0 Å². The zero-order chi connectivity index (χ0) is 18.1. The van der Waals surface area contributed by atoms with Gasteiger partial charge in [0.25, 0.3) is 0 Å². The van der Waals surface area contributed by atoms with Gasteiger partial charge in [0.15, 0.2) is 6.04 Å². The molecule has 3 N–H and O–H groups in total. The third kappa shape index (κ3) is 3.58. The summed E-state index contributed by atoms with van der Waals surface area (Å²) in [4.78, 5) is 21.0. The molecule has 0 aliphatic rings. The summed E-state index contributed by atoms with van der Waals surface area (Å²) in [6, 6.07) is 6.18. The van der Waals surface area contributed by atoms with Gasteiger partial charge in [-0.1, -0.05) is 23.7 Å². The molecular weight excluding hydrogens is 362 g/mol. The lowest BCUT2D eigenvalue weighted by molar-refractivity contribution is -0.140. The van der Waals surface area contributed by atoms with Crippen LogP contribution in [0.5, 0.6) is 0 Å². The fourth-order valence-electron chi connectivity index (χ4n) is 2.53. The number of rotatable bonds is 5. The number of nitrogens with zero attached hydrogens (tertiary/aromatic N) is 2. The summed E-state index contributed by atoms with van der Waals surface area (Å²) >= 11 is 7.41. The number of thiophene rings is 1. The summed E-state index contributed by atoms with van der Waals surface area (Å²) < 4.78 is 0. The van der Waals surface area contributed by atoms with E-state index in [0.29, 0.717) is 16.7 Å². The van der Waals surface area contributed by atoms with E-state index in [1.165, 1.54) is 18.3 Å². The number of halogens is 1. The molecule has 25 heavy (non-hydrogen) atoms. The standard InChI is InChI=1S/C17H16ClN3O3S/c1-8(22)14(17(23)24)21-15-13-12(10-3-5-11(18)6-4-10)7-25-16(13)20-9(2)19-15/h3-8,14,22H,1-2H3,(H,23,24)(H,19,20,21). The summed E-state index contributed by atoms with van der Waals surface area (Å²) in [6.45, 7) is 3.16. The summed E-state index contributed by atoms with van der Waals surface area (Å²) in [5, 5.41) is 25.2. The summed E-state index contributed by atoms with van der Waals surface area (Å²) in [7, 11) is 0. The second-order valence-corrected chi connectivity index (χ2v) is 6.95. The minimum atomic E-state index is -1.17. The molecule has 2 aromatic heterocycles. The predicted octanol–water partition coefficient (Wildman–Crippen LogP) is 3.57. The van der Waals surface area contributed by atoms with E-state index in [-0.39, 0.29) is 0 Å². The van der Waals surface area contributed by atoms with Gasteiger partial charge in [-0.05, 0) is 31.5 Å². The molecule has 8 heteroatoms. The minimum absolute atomic E-state index is 0.391. The highest BCUT2D eigenvalue weighted by atomic mass is 35.5. The van der Waals surface area contributed by atoms with E-state index >= 15 is 0 Å². The van der Waals surface area contributed by atoms with Gasteiger partial charge >= 0.3 is 5.97 Å². The molecule has 2 atom stereocenters. The highest BCUT2D eigenvalue weighted by Crippen LogP contribution is 2.37. The van der Waals surface area contributed by atoms with E-state index in [2.05, 4.69) is 15.3 Å². The van der Waals surface area contributed by atoms with Crippen molar-refractivity contribution in [3.63, 3.8) is 0 Å². The predicted molar refractivity (Wildman–Crippen MR) is 99.3 cm³/mol. The van der Waals surface area contributed by atoms with Gasteiger partial charge < -0.3 is 15.5 Å². The molecule has 130 valence electrons. The van der Waals surface area contributed by atoms with Crippen LogP contribution in [0.4, 0.5) is 5.82 Å². The summed E-state index contributed by atoms with van der Waals surface area (Å²) in [6.07, 6.45) is -1.08. The second-order valence-electron chi connectivity index (χ2n) is 5.66. The number of carbonyl (C=O) groups is 1. The zero-order valence-electron chi connectivity index (χ0n) is 13.5. The van der Waals surface area contributed by atoms with Crippen LogP contribution in [0.2, 0.25) is 5.02 Å². The molecule has 0 fully saturated rings. The number of carboxylic acids is 1. The second kappa shape index (κ2) is 6.95. The topological polar surface area (TPSA) is 95.3 Å². The number of aliphatic carboxylic acids is 1. The molecule has 0 saturated heterocycles. The summed E-state index contributed by atoms with van der Waals surface area (Å²) in [5.74, 6) is -0.237. The molecule has 3 aromatic rings. The van der Waals surface area contributed by atoms with Crippen molar-refractivity contribution in [3.05, 3.63) is 40.5 Å². The molecule has 0 amide bonds. The Morgan fingerprint density at radius 1 is 1.28 bits per heavy atom. The largest absolute Gasteiger partial charge is 0.480 e. The molecule has 1 aromatic carbocycles. The Morgan fingerprint density at radius 3 is 2.56 bits per heavy atom. The van der Waals surface area contributed by atoms with Crippen molar-refractivity contribution in [2.75, 3.05) is 5.32 Å². The van der Waals surface area contributed by atoms with Crippen molar-refractivity contribution < 1.29 is 15.0 Å². The maximum atomic E-state index is 11.4. The van der Waals surface area contributed by atoms with Crippen molar-refractivity contribution in [3.8, 4) is 11.1 Å². The smallest absolute Gasteiger partial charge is 0.328 e. The first-order valence-electron chi connectivity index (χ1n) is 7.56. The third-order valence-corrected chi connectivity index (χ3v) is 4.87. The van der Waals surface area contributed by atoms with E-state index in [1.54, 1.807) is 19.1 Å². The van der Waals surface area contributed by atoms with Crippen LogP contribution in [-0.2, 0) is 4.79 Å². The number of aliphatic hydroxyl groups is 1. The Labute approximate surface area is 153 Å². The number of aryl methyl sites for hydroxylation is 1. The highest BCUT2D eigenvalue weighted by Gasteiger charge is 2.25. The normalized spacial score (nSPS) is 13.6. The van der Waals surface area contributed by atoms with Gasteiger partial charge in [0, 0.05) is 16.0 Å². The molecule has 2 unspecified atom stereocenters. The molecule has 0 saturated carbocycles. The van der Waals surface area contributed by atoms with Gasteiger partial charge in [0.1, 0.15) is 16.5 Å². The average molecular weight is 378 g/mol. The molecule has 3 rings (SSSR count). The van der Waals surface area contributed by atoms with Gasteiger partial charge in [-0.2, -0.15) is 0 Å². The third-order valence-electron chi connectivity index (χ3n) is 3.74. The van der Waals surface area contributed by atoms with Gasteiger partial charge in [0.05, 0.1) is 11.5 Å². The molecule has 0 aliphatic heterocycles. The Kier molecular flexibility index (Phi) is 4.89. The maximum absolute atomic E-state index is 11.4. The molecule has 0 radical (unpaired) electrons. The first-order chi connectivity index (χ1) is 11.9. The Hall–Kier alpha value is -2.22. The van der Waals surface area contributed by atoms with Gasteiger partial charge in [0.2, 0.25) is 0 Å². The number of carboxylic acid groups (broad SMARTS) is 1. The molecule has 0 aliphatic carbocycles. The zero-order valence-corrected chi connectivity index (χ0v) is 15.1. The molecule has 2 heterocycles. The first-order valence-corrected chi connectivity index (χ1v) is 8.81. The molecular formula is C17H16ClN3O3S. The lowest BCUT2D eigenvalue weighted by Crippen LogP contribution is -2.39. The van der Waals surface area contributed by atoms with E-state index in [4.69, 9.17) is 11.6 Å². The number of fused-ring (bicyclic) bond motifs is 1. The minimum Gasteiger partial charge on any atom is -0.480 e. The SMILES string of the molecule is Cc1nc(NC(C(=O)O)C(C)O)c2c(-c3ccc(Cl)cc3)csc2n1. The Morgan fingerprint density at radius 2 is 1.96 bits per heavy atom. The van der Waals surface area contributed by atoms with E-state index in [0.717, 1.165) is 21.3 Å². The van der Waals surface area contributed by atoms with Crippen molar-refractivity contribution in [1.82, 2.24) is 9.97 Å². The van der Waals surface area contributed by atoms with E-state index < -0.39 is 18.1 Å². The Bertz CT molecular complexity index is 925. The van der Waals surface area contributed by atoms with Crippen LogP contribution in [0, 0.1) is 6.92 Å². The number of aliphatic hydroxyl groups excluding tert-OH is 1. The molecule has 6 nitrogen and oxygen atoms in total. The van der Waals surface area contributed by atoms with Crippen LogP contribution in [0.1, 0.15) is 12.7 Å². The average Bonchev–Trinajstić information content (AvgIpc) is 2.96. The van der Waals surface area contributed by atoms with E-state index in [9.17, 15) is 15.0 Å². The quantitative estimate of drug-likeness (QED) is 0.629. The fourth-order valence-corrected chi connectivity index (χ4v) is 3.65. The van der Waals surface area contributed by atoms with Crippen LogP contribution in [-0.4, -0.2) is 38.3 Å². The number of benzene rings is 1. The van der Waals surface area contributed by atoms with Crippen LogP contribution >= 0.6 is 22.9 Å². The lowest BCUT2D eigenvalue weighted by atomic mass is 10.1. The monoisotopic (exact) mass is 377 g/mol. The Balaban J connectivity index is 2.15. The summed E-state index contributed by atoms with van der Waals surface area (Å²) in [5.41, 5.74) is 1.81. The van der Waals surface area contributed by atoms with Gasteiger partial charge in [-0.25, -0.2) is 14.8 Å². The van der Waals surface area contributed by atoms with Gasteiger partial charge in [-0.15, -0.1) is 11.3 Å². The first kappa shape index (κ1) is 17.6. The lowest BCUT2D eigenvalue weighted by Gasteiger charge is -2.18. The van der Waals surface area contributed by atoms with Crippen LogP contribution in [0.25, 0.3) is 21.3 Å². The number of hydrogen-bond donors (Lipinski definition) is 3. The van der Waals surface area contributed by atoms with Crippen molar-refractivity contribution in [2.45, 2.75) is 26.0 Å². The van der Waals surface area contributed by atoms with Crippen molar-refractivity contribution in [2.24, 2.45) is 0 Å². The number of hydrogen-bond acceptors (Lipinski definition) is 6. The molecule has 0 bridgehead atoms. The van der Waals surface area contributed by atoms with Crippen molar-refractivity contribution >= 4 is 44.9 Å². The van der Waals surface area contributed by atoms with Crippen LogP contribution < -0.4 is 5.32 Å².